The smallest absolute Gasteiger partial charge is 0.339 e. The molecular formula is C26H31Cl2NO5S. The van der Waals surface area contributed by atoms with Gasteiger partial charge in [-0.05, 0) is 86.3 Å². The Morgan fingerprint density at radius 3 is 2.57 bits per heavy atom. The van der Waals surface area contributed by atoms with Crippen molar-refractivity contribution >= 4 is 45.0 Å². The van der Waals surface area contributed by atoms with Gasteiger partial charge in [-0.25, -0.2) is 18.4 Å². The van der Waals surface area contributed by atoms with E-state index in [4.69, 9.17) is 33.1 Å². The zero-order valence-corrected chi connectivity index (χ0v) is 22.3. The Hall–Kier alpha value is -1.41. The van der Waals surface area contributed by atoms with E-state index in [9.17, 15) is 18.0 Å². The fourth-order valence-corrected chi connectivity index (χ4v) is 9.14. The Bertz CT molecular complexity index is 1230. The predicted molar refractivity (Wildman–Crippen MR) is 134 cm³/mol. The largest absolute Gasteiger partial charge is 0.458 e. The maximum absolute atomic E-state index is 13.2. The Morgan fingerprint density at radius 2 is 1.86 bits per heavy atom. The van der Waals surface area contributed by atoms with Gasteiger partial charge in [0.1, 0.15) is 11.0 Å². The minimum absolute atomic E-state index is 0.0306. The minimum atomic E-state index is -4.12. The van der Waals surface area contributed by atoms with Crippen molar-refractivity contribution < 1.29 is 22.7 Å². The number of carbonyl (C=O) groups excluding carboxylic acids is 2. The first-order valence-electron chi connectivity index (χ1n) is 12.4. The van der Waals surface area contributed by atoms with E-state index >= 15 is 0 Å². The molecule has 6 nitrogen and oxygen atoms in total. The van der Waals surface area contributed by atoms with Gasteiger partial charge in [-0.1, -0.05) is 42.6 Å². The van der Waals surface area contributed by atoms with Crippen LogP contribution in [0.15, 0.2) is 28.7 Å². The average molecular weight is 541 g/mol. The summed E-state index contributed by atoms with van der Waals surface area (Å²) < 4.78 is 29.8. The van der Waals surface area contributed by atoms with Gasteiger partial charge in [-0.2, -0.15) is 0 Å². The van der Waals surface area contributed by atoms with E-state index in [2.05, 4.69) is 13.8 Å². The quantitative estimate of drug-likeness (QED) is 0.506. The normalized spacial score (nSPS) is 36.6. The summed E-state index contributed by atoms with van der Waals surface area (Å²) >= 11 is 12.2. The average Bonchev–Trinajstić information content (AvgIpc) is 3.09. The molecule has 0 bridgehead atoms. The van der Waals surface area contributed by atoms with Crippen molar-refractivity contribution in [3.8, 4) is 0 Å². The summed E-state index contributed by atoms with van der Waals surface area (Å²) in [6, 6.07) is 2.32. The third kappa shape index (κ3) is 4.26. The molecule has 0 radical (unpaired) electrons. The molecule has 0 spiro atoms. The van der Waals surface area contributed by atoms with E-state index in [-0.39, 0.29) is 37.8 Å². The number of ketones is 1. The minimum Gasteiger partial charge on any atom is -0.458 e. The molecule has 1 aromatic rings. The van der Waals surface area contributed by atoms with Crippen LogP contribution in [0.3, 0.4) is 0 Å². The molecule has 0 heterocycles. The third-order valence-corrected chi connectivity index (χ3v) is 11.1. The maximum atomic E-state index is 13.2. The van der Waals surface area contributed by atoms with Gasteiger partial charge in [0.2, 0.25) is 10.0 Å². The van der Waals surface area contributed by atoms with E-state index in [1.807, 2.05) is 6.08 Å². The molecule has 0 aromatic heterocycles. The second kappa shape index (κ2) is 8.86. The van der Waals surface area contributed by atoms with Gasteiger partial charge in [0, 0.05) is 11.8 Å². The molecule has 35 heavy (non-hydrogen) atoms. The maximum Gasteiger partial charge on any atom is 0.339 e. The molecule has 0 aliphatic heterocycles. The molecule has 3 saturated carbocycles. The fourth-order valence-electron chi connectivity index (χ4n) is 7.74. The first kappa shape index (κ1) is 25.2. The zero-order chi connectivity index (χ0) is 25.3. The highest BCUT2D eigenvalue weighted by Gasteiger charge is 2.58. The summed E-state index contributed by atoms with van der Waals surface area (Å²) in [4.78, 5) is 24.9. The van der Waals surface area contributed by atoms with Crippen molar-refractivity contribution in [3.63, 3.8) is 0 Å². The summed E-state index contributed by atoms with van der Waals surface area (Å²) in [7, 11) is -4.12. The number of halogens is 2. The summed E-state index contributed by atoms with van der Waals surface area (Å²) in [6.45, 7) is 4.48. The molecule has 2 N–H and O–H groups in total. The topological polar surface area (TPSA) is 104 Å². The molecule has 4 aliphatic rings. The Balaban J connectivity index is 1.38. The Labute approximate surface area is 216 Å². The van der Waals surface area contributed by atoms with E-state index < -0.39 is 16.0 Å². The van der Waals surface area contributed by atoms with Crippen LogP contribution < -0.4 is 5.14 Å². The number of sulfonamides is 1. The number of benzene rings is 1. The summed E-state index contributed by atoms with van der Waals surface area (Å²) in [5, 5.41) is 5.14. The lowest BCUT2D eigenvalue weighted by molar-refractivity contribution is -0.116. The van der Waals surface area contributed by atoms with Crippen LogP contribution in [0.2, 0.25) is 10.0 Å². The lowest BCUT2D eigenvalue weighted by Crippen LogP contribution is -2.49. The van der Waals surface area contributed by atoms with Gasteiger partial charge in [0.05, 0.1) is 15.6 Å². The predicted octanol–water partition coefficient (Wildman–Crippen LogP) is 5.55. The van der Waals surface area contributed by atoms with Crippen molar-refractivity contribution in [1.29, 1.82) is 0 Å². The third-order valence-electron chi connectivity index (χ3n) is 9.37. The van der Waals surface area contributed by atoms with E-state index in [0.29, 0.717) is 36.0 Å². The number of carbonyl (C=O) groups is 2. The van der Waals surface area contributed by atoms with Gasteiger partial charge >= 0.3 is 5.97 Å². The number of ether oxygens (including phenoxy) is 1. The summed E-state index contributed by atoms with van der Waals surface area (Å²) in [6.07, 6.45) is 8.11. The molecule has 3 fully saturated rings. The van der Waals surface area contributed by atoms with Gasteiger partial charge in [-0.15, -0.1) is 0 Å². The molecule has 7 atom stereocenters. The highest BCUT2D eigenvalue weighted by molar-refractivity contribution is 7.89. The van der Waals surface area contributed by atoms with E-state index in [1.165, 1.54) is 11.6 Å². The Morgan fingerprint density at radius 1 is 1.11 bits per heavy atom. The van der Waals surface area contributed by atoms with Crippen LogP contribution in [0.1, 0.15) is 69.2 Å². The molecule has 0 amide bonds. The van der Waals surface area contributed by atoms with Crippen LogP contribution in [0.4, 0.5) is 0 Å². The number of allylic oxidation sites excluding steroid dienone is 1. The van der Waals surface area contributed by atoms with Crippen molar-refractivity contribution in [2.75, 3.05) is 0 Å². The molecule has 190 valence electrons. The van der Waals surface area contributed by atoms with Gasteiger partial charge in [0.25, 0.3) is 0 Å². The standard InChI is InChI=1S/C26H31Cl2NO5S/c1-13-9-18-16(15-4-3-14(30)10-17(13)15)7-8-26(2)20(18)5-6-24(26)34-25(31)19-11-23(35(29,32)33)22(28)12-21(19)27/h10-13,15-16,18,20,24H,3-9H2,1-2H3,(H2,29,32,33)/t13-,15+,16?,18?,20?,24-,26-/m0/s1. The zero-order valence-electron chi connectivity index (χ0n) is 19.9. The van der Waals surface area contributed by atoms with Crippen LogP contribution >= 0.6 is 23.2 Å². The second-order valence-electron chi connectivity index (χ2n) is 11.2. The van der Waals surface area contributed by atoms with Crippen molar-refractivity contribution in [3.05, 3.63) is 39.4 Å². The Kier molecular flexibility index (Phi) is 6.39. The van der Waals surface area contributed by atoms with Gasteiger partial charge < -0.3 is 4.74 Å². The van der Waals surface area contributed by atoms with Gasteiger partial charge in [0.15, 0.2) is 5.78 Å². The van der Waals surface area contributed by atoms with Crippen LogP contribution in [-0.4, -0.2) is 26.3 Å². The first-order valence-corrected chi connectivity index (χ1v) is 14.7. The van der Waals surface area contributed by atoms with Crippen molar-refractivity contribution in [2.45, 2.75) is 69.8 Å². The van der Waals surface area contributed by atoms with Crippen LogP contribution in [0.5, 0.6) is 0 Å². The highest BCUT2D eigenvalue weighted by Crippen LogP contribution is 2.63. The number of nitrogens with two attached hydrogens (primary N) is 1. The van der Waals surface area contributed by atoms with Crippen molar-refractivity contribution in [1.82, 2.24) is 0 Å². The molecule has 0 saturated heterocycles. The SMILES string of the molecule is C[C@H]1CC2C(CC[C@@]3(C)C2CC[C@@H]3OC(=O)c2cc(S(N)(=O)=O)c(Cl)cc2Cl)[C@H]2CCC(=O)C=C12. The molecule has 5 rings (SSSR count). The first-order chi connectivity index (χ1) is 16.4. The molecular weight excluding hydrogens is 509 g/mol. The van der Waals surface area contributed by atoms with E-state index in [1.54, 1.807) is 0 Å². The second-order valence-corrected chi connectivity index (χ2v) is 13.5. The molecule has 1 aromatic carbocycles. The number of hydrogen-bond donors (Lipinski definition) is 1. The van der Waals surface area contributed by atoms with Gasteiger partial charge in [-0.3, -0.25) is 4.79 Å². The van der Waals surface area contributed by atoms with Crippen molar-refractivity contribution in [2.24, 2.45) is 40.1 Å². The monoisotopic (exact) mass is 539 g/mol. The lowest BCUT2D eigenvalue weighted by atomic mass is 9.50. The van der Waals surface area contributed by atoms with E-state index in [0.717, 1.165) is 44.6 Å². The number of rotatable bonds is 3. The number of fused-ring (bicyclic) bond motifs is 5. The number of hydrogen-bond acceptors (Lipinski definition) is 5. The molecule has 3 unspecified atom stereocenters. The van der Waals surface area contributed by atoms with Crippen LogP contribution in [0, 0.1) is 35.0 Å². The summed E-state index contributed by atoms with van der Waals surface area (Å²) in [5.74, 6) is 2.09. The molecule has 4 aliphatic carbocycles. The fraction of sp³-hybridized carbons (Fsp3) is 0.615. The lowest BCUT2D eigenvalue weighted by Gasteiger charge is -2.55. The van der Waals surface area contributed by atoms with Crippen LogP contribution in [-0.2, 0) is 19.6 Å². The number of primary sulfonamides is 1. The van der Waals surface area contributed by atoms with Crippen LogP contribution in [0.25, 0.3) is 0 Å². The number of esters is 1. The molecule has 9 heteroatoms. The summed E-state index contributed by atoms with van der Waals surface area (Å²) in [5.41, 5.74) is 1.16. The highest BCUT2D eigenvalue weighted by atomic mass is 35.5.